The standard InChI is InChI=1S/C12H22N2O/c1-13(2)7-10-5-6-11(9-15)12(10)8-14(3)4/h5-6,11,15H,7-9H2,1-4H3. The van der Waals surface area contributed by atoms with Crippen LogP contribution in [0.25, 0.3) is 0 Å². The smallest absolute Gasteiger partial charge is 0.0532 e. The Kier molecular flexibility index (Phi) is 4.51. The van der Waals surface area contributed by atoms with Gasteiger partial charge in [0.1, 0.15) is 0 Å². The van der Waals surface area contributed by atoms with Gasteiger partial charge in [0.25, 0.3) is 0 Å². The van der Waals surface area contributed by atoms with Crippen molar-refractivity contribution >= 4 is 0 Å². The van der Waals surface area contributed by atoms with Crippen LogP contribution in [-0.2, 0) is 0 Å². The van der Waals surface area contributed by atoms with Crippen molar-refractivity contribution < 1.29 is 5.11 Å². The fraction of sp³-hybridized carbons (Fsp3) is 0.667. The predicted octanol–water partition coefficient (Wildman–Crippen LogP) is 0.585. The molecule has 0 spiro atoms. The second-order valence-corrected chi connectivity index (χ2v) is 4.67. The summed E-state index contributed by atoms with van der Waals surface area (Å²) >= 11 is 0. The molecule has 0 heterocycles. The van der Waals surface area contributed by atoms with E-state index >= 15 is 0 Å². The van der Waals surface area contributed by atoms with E-state index in [0.29, 0.717) is 0 Å². The van der Waals surface area contributed by atoms with E-state index in [2.05, 4.69) is 50.1 Å². The molecule has 15 heavy (non-hydrogen) atoms. The molecule has 1 unspecified atom stereocenters. The predicted molar refractivity (Wildman–Crippen MR) is 63.8 cm³/mol. The first-order valence-electron chi connectivity index (χ1n) is 5.35. The van der Waals surface area contributed by atoms with E-state index in [1.54, 1.807) is 0 Å². The molecule has 3 heteroatoms. The maximum Gasteiger partial charge on any atom is 0.0532 e. The van der Waals surface area contributed by atoms with Crippen molar-refractivity contribution in [3.05, 3.63) is 23.3 Å². The molecule has 3 nitrogen and oxygen atoms in total. The topological polar surface area (TPSA) is 26.7 Å². The van der Waals surface area contributed by atoms with Gasteiger partial charge in [0.2, 0.25) is 0 Å². The van der Waals surface area contributed by atoms with E-state index in [1.807, 2.05) is 0 Å². The molecule has 0 amide bonds. The first kappa shape index (κ1) is 12.4. The molecule has 0 saturated heterocycles. The van der Waals surface area contributed by atoms with E-state index < -0.39 is 0 Å². The van der Waals surface area contributed by atoms with Gasteiger partial charge in [0, 0.05) is 19.0 Å². The van der Waals surface area contributed by atoms with Crippen molar-refractivity contribution in [3.8, 4) is 0 Å². The highest BCUT2D eigenvalue weighted by Crippen LogP contribution is 2.25. The summed E-state index contributed by atoms with van der Waals surface area (Å²) in [5.41, 5.74) is 2.71. The summed E-state index contributed by atoms with van der Waals surface area (Å²) in [6.45, 7) is 2.11. The second-order valence-electron chi connectivity index (χ2n) is 4.67. The van der Waals surface area contributed by atoms with E-state index in [1.165, 1.54) is 11.1 Å². The van der Waals surface area contributed by atoms with Gasteiger partial charge in [-0.3, -0.25) is 0 Å². The molecule has 1 rings (SSSR count). The van der Waals surface area contributed by atoms with Gasteiger partial charge in [-0.2, -0.15) is 0 Å². The lowest BCUT2D eigenvalue weighted by molar-refractivity contribution is 0.263. The van der Waals surface area contributed by atoms with E-state index in [-0.39, 0.29) is 12.5 Å². The van der Waals surface area contributed by atoms with Crippen LogP contribution >= 0.6 is 0 Å². The molecule has 0 aromatic rings. The monoisotopic (exact) mass is 210 g/mol. The largest absolute Gasteiger partial charge is 0.395 e. The van der Waals surface area contributed by atoms with Crippen LogP contribution in [0.4, 0.5) is 0 Å². The van der Waals surface area contributed by atoms with Crippen LogP contribution in [0, 0.1) is 5.92 Å². The molecular weight excluding hydrogens is 188 g/mol. The van der Waals surface area contributed by atoms with E-state index in [0.717, 1.165) is 13.1 Å². The van der Waals surface area contributed by atoms with Crippen LogP contribution in [0.1, 0.15) is 0 Å². The van der Waals surface area contributed by atoms with Crippen molar-refractivity contribution in [2.45, 2.75) is 0 Å². The highest BCUT2D eigenvalue weighted by molar-refractivity contribution is 5.38. The zero-order valence-electron chi connectivity index (χ0n) is 10.2. The number of hydrogen-bond donors (Lipinski definition) is 1. The summed E-state index contributed by atoms with van der Waals surface area (Å²) in [5.74, 6) is 0.224. The number of nitrogens with zero attached hydrogens (tertiary/aromatic N) is 2. The van der Waals surface area contributed by atoms with Crippen LogP contribution in [0.3, 0.4) is 0 Å². The highest BCUT2D eigenvalue weighted by atomic mass is 16.3. The Morgan fingerprint density at radius 2 is 1.73 bits per heavy atom. The lowest BCUT2D eigenvalue weighted by atomic mass is 10.0. The van der Waals surface area contributed by atoms with Crippen molar-refractivity contribution in [2.24, 2.45) is 5.92 Å². The van der Waals surface area contributed by atoms with E-state index in [4.69, 9.17) is 0 Å². The summed E-state index contributed by atoms with van der Waals surface area (Å²) in [6.07, 6.45) is 4.26. The van der Waals surface area contributed by atoms with E-state index in [9.17, 15) is 5.11 Å². The first-order valence-corrected chi connectivity index (χ1v) is 5.35. The van der Waals surface area contributed by atoms with Crippen LogP contribution in [-0.4, -0.2) is 62.8 Å². The van der Waals surface area contributed by atoms with Gasteiger partial charge in [-0.1, -0.05) is 12.2 Å². The summed E-state index contributed by atoms with van der Waals surface area (Å²) in [7, 11) is 8.26. The first-order chi connectivity index (χ1) is 7.04. The Balaban J connectivity index is 2.78. The molecule has 0 aromatic carbocycles. The Bertz CT molecular complexity index is 267. The summed E-state index contributed by atoms with van der Waals surface area (Å²) in [4.78, 5) is 4.32. The zero-order chi connectivity index (χ0) is 11.4. The number of rotatable bonds is 5. The summed E-state index contributed by atoms with van der Waals surface area (Å²) in [5, 5.41) is 9.28. The summed E-state index contributed by atoms with van der Waals surface area (Å²) < 4.78 is 0. The fourth-order valence-corrected chi connectivity index (χ4v) is 1.92. The Hall–Kier alpha value is -0.640. The van der Waals surface area contributed by atoms with Gasteiger partial charge in [-0.15, -0.1) is 0 Å². The average Bonchev–Trinajstić information content (AvgIpc) is 2.47. The molecule has 0 fully saturated rings. The highest BCUT2D eigenvalue weighted by Gasteiger charge is 2.20. The van der Waals surface area contributed by atoms with Crippen LogP contribution in [0.2, 0.25) is 0 Å². The number of likely N-dealkylation sites (N-methyl/N-ethyl adjacent to an activating group) is 2. The third-order valence-corrected chi connectivity index (χ3v) is 2.56. The molecule has 0 saturated carbocycles. The normalized spacial score (nSPS) is 21.1. The molecule has 0 aromatic heterocycles. The van der Waals surface area contributed by atoms with Gasteiger partial charge >= 0.3 is 0 Å². The minimum absolute atomic E-state index is 0.219. The lowest BCUT2D eigenvalue weighted by Gasteiger charge is -2.19. The fourth-order valence-electron chi connectivity index (χ4n) is 1.92. The molecule has 1 aliphatic rings. The second kappa shape index (κ2) is 5.45. The minimum atomic E-state index is 0.219. The van der Waals surface area contributed by atoms with Gasteiger partial charge in [0.15, 0.2) is 0 Å². The van der Waals surface area contributed by atoms with Crippen LogP contribution in [0.15, 0.2) is 23.3 Å². The third kappa shape index (κ3) is 3.45. The van der Waals surface area contributed by atoms with Crippen molar-refractivity contribution in [1.29, 1.82) is 0 Å². The third-order valence-electron chi connectivity index (χ3n) is 2.56. The van der Waals surface area contributed by atoms with Gasteiger partial charge in [-0.05, 0) is 39.3 Å². The molecule has 1 N–H and O–H groups in total. The molecule has 0 bridgehead atoms. The molecule has 0 aliphatic heterocycles. The molecule has 1 atom stereocenters. The zero-order valence-corrected chi connectivity index (χ0v) is 10.2. The Labute approximate surface area is 92.7 Å². The van der Waals surface area contributed by atoms with Crippen molar-refractivity contribution in [1.82, 2.24) is 9.80 Å². The molecule has 86 valence electrons. The van der Waals surface area contributed by atoms with Gasteiger partial charge in [0.05, 0.1) is 6.61 Å². The minimum Gasteiger partial charge on any atom is -0.395 e. The quantitative estimate of drug-likeness (QED) is 0.719. The Morgan fingerprint density at radius 1 is 1.13 bits per heavy atom. The average molecular weight is 210 g/mol. The van der Waals surface area contributed by atoms with Crippen molar-refractivity contribution in [2.75, 3.05) is 47.9 Å². The van der Waals surface area contributed by atoms with Gasteiger partial charge < -0.3 is 14.9 Å². The maximum absolute atomic E-state index is 9.28. The number of aliphatic hydroxyl groups is 1. The number of aliphatic hydroxyl groups excluding tert-OH is 1. The number of hydrogen-bond acceptors (Lipinski definition) is 3. The molecular formula is C12H22N2O. The summed E-state index contributed by atoms with van der Waals surface area (Å²) in [6, 6.07) is 0. The molecule has 1 aliphatic carbocycles. The Morgan fingerprint density at radius 3 is 2.20 bits per heavy atom. The van der Waals surface area contributed by atoms with Crippen LogP contribution < -0.4 is 0 Å². The SMILES string of the molecule is CN(C)CC1=C(CN(C)C)C(CO)C=C1. The molecule has 0 radical (unpaired) electrons. The maximum atomic E-state index is 9.28. The van der Waals surface area contributed by atoms with Crippen LogP contribution in [0.5, 0.6) is 0 Å². The van der Waals surface area contributed by atoms with Crippen molar-refractivity contribution in [3.63, 3.8) is 0 Å². The van der Waals surface area contributed by atoms with Gasteiger partial charge in [-0.25, -0.2) is 0 Å². The lowest BCUT2D eigenvalue weighted by Crippen LogP contribution is -2.23.